The molecule has 1 aromatic heterocycles. The van der Waals surface area contributed by atoms with Crippen molar-refractivity contribution < 1.29 is 23.1 Å². The van der Waals surface area contributed by atoms with Crippen LogP contribution in [0.1, 0.15) is 22.6 Å². The third-order valence-electron chi connectivity index (χ3n) is 2.69. The molecule has 1 aromatic rings. The standard InChI is InChI=1S/C9H9F3N2O2/c10-9(11,12)5-1-2-14-6(3-5)4-7(13-14)8(15)16/h4-5H,1-3H2,(H,15,16). The molecule has 0 bridgehead atoms. The molecular weight excluding hydrogens is 225 g/mol. The Morgan fingerprint density at radius 3 is 2.81 bits per heavy atom. The van der Waals surface area contributed by atoms with Crippen LogP contribution in [0, 0.1) is 5.92 Å². The van der Waals surface area contributed by atoms with Gasteiger partial charge in [0.2, 0.25) is 0 Å². The molecule has 4 nitrogen and oxygen atoms in total. The molecule has 0 aromatic carbocycles. The molecule has 1 N–H and O–H groups in total. The average molecular weight is 234 g/mol. The second-order valence-corrected chi connectivity index (χ2v) is 3.78. The number of carbonyl (C=O) groups is 1. The van der Waals surface area contributed by atoms with E-state index in [4.69, 9.17) is 5.11 Å². The monoisotopic (exact) mass is 234 g/mol. The van der Waals surface area contributed by atoms with Crippen molar-refractivity contribution in [2.45, 2.75) is 25.6 Å². The zero-order chi connectivity index (χ0) is 11.9. The Morgan fingerprint density at radius 1 is 1.56 bits per heavy atom. The van der Waals surface area contributed by atoms with Gasteiger partial charge in [-0.15, -0.1) is 0 Å². The molecule has 1 aliphatic heterocycles. The fourth-order valence-corrected chi connectivity index (χ4v) is 1.83. The van der Waals surface area contributed by atoms with E-state index in [0.717, 1.165) is 0 Å². The summed E-state index contributed by atoms with van der Waals surface area (Å²) in [6, 6.07) is 1.21. The van der Waals surface area contributed by atoms with E-state index in [-0.39, 0.29) is 25.1 Å². The van der Waals surface area contributed by atoms with Crippen LogP contribution in [0.15, 0.2) is 6.07 Å². The van der Waals surface area contributed by atoms with Gasteiger partial charge in [-0.1, -0.05) is 0 Å². The number of nitrogens with zero attached hydrogens (tertiary/aromatic N) is 2. The van der Waals surface area contributed by atoms with Gasteiger partial charge in [0.1, 0.15) is 0 Å². The van der Waals surface area contributed by atoms with Crippen LogP contribution in [0.2, 0.25) is 0 Å². The largest absolute Gasteiger partial charge is 0.476 e. The average Bonchev–Trinajstić information content (AvgIpc) is 2.58. The van der Waals surface area contributed by atoms with Crippen LogP contribution in [0.5, 0.6) is 0 Å². The van der Waals surface area contributed by atoms with Crippen LogP contribution in [-0.4, -0.2) is 27.0 Å². The van der Waals surface area contributed by atoms with Crippen LogP contribution in [0.25, 0.3) is 0 Å². The van der Waals surface area contributed by atoms with Crippen LogP contribution in [0.4, 0.5) is 13.2 Å². The van der Waals surface area contributed by atoms with Crippen molar-refractivity contribution in [1.82, 2.24) is 9.78 Å². The Morgan fingerprint density at radius 2 is 2.25 bits per heavy atom. The Kier molecular flexibility index (Phi) is 2.40. The summed E-state index contributed by atoms with van der Waals surface area (Å²) in [5, 5.41) is 12.4. The summed E-state index contributed by atoms with van der Waals surface area (Å²) in [4.78, 5) is 10.6. The molecule has 2 rings (SSSR count). The molecule has 0 spiro atoms. The van der Waals surface area contributed by atoms with Crippen molar-refractivity contribution in [2.24, 2.45) is 5.92 Å². The fourth-order valence-electron chi connectivity index (χ4n) is 1.83. The van der Waals surface area contributed by atoms with Gasteiger partial charge >= 0.3 is 12.1 Å². The van der Waals surface area contributed by atoms with E-state index in [1.54, 1.807) is 0 Å². The predicted molar refractivity (Wildman–Crippen MR) is 47.1 cm³/mol. The maximum atomic E-state index is 12.5. The first-order valence-electron chi connectivity index (χ1n) is 4.74. The lowest BCUT2D eigenvalue weighted by Crippen LogP contribution is -2.31. The molecule has 1 aliphatic rings. The highest BCUT2D eigenvalue weighted by atomic mass is 19.4. The minimum atomic E-state index is -4.22. The molecule has 1 atom stereocenters. The summed E-state index contributed by atoms with van der Waals surface area (Å²) in [5.41, 5.74) is 0.142. The van der Waals surface area contributed by atoms with Crippen LogP contribution in [-0.2, 0) is 13.0 Å². The number of carboxylic acids is 1. The van der Waals surface area contributed by atoms with E-state index in [2.05, 4.69) is 5.10 Å². The second-order valence-electron chi connectivity index (χ2n) is 3.78. The number of aromatic carboxylic acids is 1. The lowest BCUT2D eigenvalue weighted by atomic mass is 9.96. The zero-order valence-corrected chi connectivity index (χ0v) is 8.16. The molecule has 1 unspecified atom stereocenters. The molecule has 7 heteroatoms. The van der Waals surface area contributed by atoms with E-state index in [0.29, 0.717) is 5.69 Å². The molecule has 0 radical (unpaired) electrons. The first-order chi connectivity index (χ1) is 7.38. The summed E-state index contributed by atoms with van der Waals surface area (Å²) >= 11 is 0. The Balaban J connectivity index is 2.24. The summed E-state index contributed by atoms with van der Waals surface area (Å²) < 4.78 is 38.7. The number of hydrogen-bond acceptors (Lipinski definition) is 2. The fraction of sp³-hybridized carbons (Fsp3) is 0.556. The number of aromatic nitrogens is 2. The zero-order valence-electron chi connectivity index (χ0n) is 8.16. The Labute approximate surface area is 88.7 Å². The van der Waals surface area contributed by atoms with Crippen LogP contribution >= 0.6 is 0 Å². The number of carboxylic acid groups (broad SMARTS) is 1. The minimum Gasteiger partial charge on any atom is -0.476 e. The molecule has 0 fully saturated rings. The van der Waals surface area contributed by atoms with Gasteiger partial charge in [0.15, 0.2) is 5.69 Å². The van der Waals surface area contributed by atoms with Gasteiger partial charge in [-0.05, 0) is 12.5 Å². The highest BCUT2D eigenvalue weighted by Gasteiger charge is 2.41. The third-order valence-corrected chi connectivity index (χ3v) is 2.69. The number of fused-ring (bicyclic) bond motifs is 1. The molecule has 0 saturated heterocycles. The summed E-state index contributed by atoms with van der Waals surface area (Å²) in [7, 11) is 0. The van der Waals surface area contributed by atoms with E-state index in [1.807, 2.05) is 0 Å². The molecule has 0 aliphatic carbocycles. The van der Waals surface area contributed by atoms with Crippen LogP contribution < -0.4 is 0 Å². The van der Waals surface area contributed by atoms with Crippen molar-refractivity contribution >= 4 is 5.97 Å². The Bertz CT molecular complexity index is 425. The Hall–Kier alpha value is -1.53. The molecule has 2 heterocycles. The van der Waals surface area contributed by atoms with Crippen LogP contribution in [0.3, 0.4) is 0 Å². The SMILES string of the molecule is O=C(O)c1cc2n(n1)CCC(C(F)(F)F)C2. The van der Waals surface area contributed by atoms with Crippen molar-refractivity contribution in [1.29, 1.82) is 0 Å². The maximum Gasteiger partial charge on any atom is 0.392 e. The topological polar surface area (TPSA) is 55.1 Å². The molecule has 16 heavy (non-hydrogen) atoms. The molecule has 88 valence electrons. The number of rotatable bonds is 1. The predicted octanol–water partition coefficient (Wildman–Crippen LogP) is 1.71. The normalized spacial score (nSPS) is 20.6. The number of aryl methyl sites for hydroxylation is 1. The lowest BCUT2D eigenvalue weighted by Gasteiger charge is -2.25. The smallest absolute Gasteiger partial charge is 0.392 e. The quantitative estimate of drug-likeness (QED) is 0.804. The molecule has 0 saturated carbocycles. The van der Waals surface area contributed by atoms with Gasteiger partial charge in [0.25, 0.3) is 0 Å². The van der Waals surface area contributed by atoms with Gasteiger partial charge in [-0.25, -0.2) is 4.79 Å². The first kappa shape index (κ1) is 11.0. The van der Waals surface area contributed by atoms with E-state index >= 15 is 0 Å². The highest BCUT2D eigenvalue weighted by Crippen LogP contribution is 2.34. The van der Waals surface area contributed by atoms with Gasteiger partial charge in [-0.3, -0.25) is 4.68 Å². The van der Waals surface area contributed by atoms with Crippen molar-refractivity contribution in [3.8, 4) is 0 Å². The number of hydrogen-bond donors (Lipinski definition) is 1. The summed E-state index contributed by atoms with van der Waals surface area (Å²) in [5.74, 6) is -2.61. The number of halogens is 3. The van der Waals surface area contributed by atoms with Gasteiger partial charge in [0.05, 0.1) is 5.92 Å². The number of alkyl halides is 3. The van der Waals surface area contributed by atoms with E-state index in [1.165, 1.54) is 10.7 Å². The molecule has 0 amide bonds. The first-order valence-corrected chi connectivity index (χ1v) is 4.74. The van der Waals surface area contributed by atoms with E-state index < -0.39 is 18.1 Å². The highest BCUT2D eigenvalue weighted by molar-refractivity contribution is 5.85. The van der Waals surface area contributed by atoms with Crippen molar-refractivity contribution in [3.63, 3.8) is 0 Å². The van der Waals surface area contributed by atoms with Crippen molar-refractivity contribution in [3.05, 3.63) is 17.5 Å². The van der Waals surface area contributed by atoms with Gasteiger partial charge in [-0.2, -0.15) is 18.3 Å². The summed E-state index contributed by atoms with van der Waals surface area (Å²) in [6.07, 6.45) is -4.46. The van der Waals surface area contributed by atoms with Gasteiger partial charge < -0.3 is 5.11 Å². The van der Waals surface area contributed by atoms with Gasteiger partial charge in [0, 0.05) is 18.7 Å². The van der Waals surface area contributed by atoms with E-state index in [9.17, 15) is 18.0 Å². The van der Waals surface area contributed by atoms with Crippen molar-refractivity contribution in [2.75, 3.05) is 0 Å². The minimum absolute atomic E-state index is 0.0444. The molecular formula is C9H9F3N2O2. The third kappa shape index (κ3) is 1.89. The lowest BCUT2D eigenvalue weighted by molar-refractivity contribution is -0.179. The maximum absolute atomic E-state index is 12.5. The second kappa shape index (κ2) is 3.50. The summed E-state index contributed by atoms with van der Waals surface area (Å²) in [6.45, 7) is 0.118.